The van der Waals surface area contributed by atoms with Gasteiger partial charge in [0, 0.05) is 12.7 Å². The van der Waals surface area contributed by atoms with Gasteiger partial charge in [0.15, 0.2) is 0 Å². The molecule has 0 aromatic carbocycles. The number of aryl methyl sites for hydroxylation is 1. The van der Waals surface area contributed by atoms with Gasteiger partial charge in [-0.15, -0.1) is 0 Å². The Morgan fingerprint density at radius 2 is 2.24 bits per heavy atom. The highest BCUT2D eigenvalue weighted by molar-refractivity contribution is 4.99. The molecule has 0 bridgehead atoms. The molecule has 3 heteroatoms. The lowest BCUT2D eigenvalue weighted by Gasteiger charge is -2.15. The van der Waals surface area contributed by atoms with Gasteiger partial charge in [-0.3, -0.25) is 4.68 Å². The third-order valence-electron chi connectivity index (χ3n) is 3.26. The van der Waals surface area contributed by atoms with Crippen LogP contribution in [0.1, 0.15) is 45.1 Å². The SMILES string of the molecule is CCCCC(CC)CNCCn1cc(C)cn1. The molecule has 1 aromatic rings. The Kier molecular flexibility index (Phi) is 6.94. The van der Waals surface area contributed by atoms with Crippen molar-refractivity contribution >= 4 is 0 Å². The van der Waals surface area contributed by atoms with E-state index in [0.29, 0.717) is 0 Å². The first-order chi connectivity index (χ1) is 8.26. The summed E-state index contributed by atoms with van der Waals surface area (Å²) in [6, 6.07) is 0. The van der Waals surface area contributed by atoms with Crippen molar-refractivity contribution in [1.29, 1.82) is 0 Å². The van der Waals surface area contributed by atoms with E-state index in [-0.39, 0.29) is 0 Å². The summed E-state index contributed by atoms with van der Waals surface area (Å²) in [5.41, 5.74) is 1.24. The molecule has 0 saturated heterocycles. The number of rotatable bonds is 9. The highest BCUT2D eigenvalue weighted by atomic mass is 15.3. The minimum atomic E-state index is 0.842. The normalized spacial score (nSPS) is 12.9. The van der Waals surface area contributed by atoms with Gasteiger partial charge in [0.05, 0.1) is 12.7 Å². The second-order valence-corrected chi connectivity index (χ2v) is 4.90. The first-order valence-electron chi connectivity index (χ1n) is 6.96. The quantitative estimate of drug-likeness (QED) is 0.669. The van der Waals surface area contributed by atoms with E-state index < -0.39 is 0 Å². The fourth-order valence-electron chi connectivity index (χ4n) is 2.03. The van der Waals surface area contributed by atoms with Gasteiger partial charge < -0.3 is 5.32 Å². The van der Waals surface area contributed by atoms with Crippen LogP contribution >= 0.6 is 0 Å². The van der Waals surface area contributed by atoms with Crippen molar-refractivity contribution in [3.05, 3.63) is 18.0 Å². The smallest absolute Gasteiger partial charge is 0.0534 e. The summed E-state index contributed by atoms with van der Waals surface area (Å²) in [6.07, 6.45) is 9.32. The zero-order chi connectivity index (χ0) is 12.5. The lowest BCUT2D eigenvalue weighted by atomic mass is 9.99. The number of hydrogen-bond donors (Lipinski definition) is 1. The molecule has 1 unspecified atom stereocenters. The van der Waals surface area contributed by atoms with Crippen LogP contribution in [0.3, 0.4) is 0 Å². The molecule has 0 fully saturated rings. The predicted octanol–water partition coefficient (Wildman–Crippen LogP) is 3.00. The van der Waals surface area contributed by atoms with Crippen molar-refractivity contribution in [3.63, 3.8) is 0 Å². The fraction of sp³-hybridized carbons (Fsp3) is 0.786. The minimum absolute atomic E-state index is 0.842. The molecular formula is C14H27N3. The van der Waals surface area contributed by atoms with Crippen molar-refractivity contribution in [1.82, 2.24) is 15.1 Å². The summed E-state index contributed by atoms with van der Waals surface area (Å²) in [5.74, 6) is 0.842. The Morgan fingerprint density at radius 3 is 2.82 bits per heavy atom. The summed E-state index contributed by atoms with van der Waals surface area (Å²) in [7, 11) is 0. The highest BCUT2D eigenvalue weighted by Gasteiger charge is 2.04. The molecule has 0 saturated carbocycles. The van der Waals surface area contributed by atoms with E-state index in [1.165, 1.54) is 31.2 Å². The molecule has 0 spiro atoms. The van der Waals surface area contributed by atoms with Gasteiger partial charge in [-0.05, 0) is 31.4 Å². The molecule has 1 heterocycles. The Bertz CT molecular complexity index is 293. The third-order valence-corrected chi connectivity index (χ3v) is 3.26. The molecule has 1 atom stereocenters. The zero-order valence-electron chi connectivity index (χ0n) is 11.6. The van der Waals surface area contributed by atoms with Crippen LogP contribution in [0.15, 0.2) is 12.4 Å². The maximum Gasteiger partial charge on any atom is 0.0534 e. The summed E-state index contributed by atoms with van der Waals surface area (Å²) < 4.78 is 2.01. The molecule has 3 nitrogen and oxygen atoms in total. The monoisotopic (exact) mass is 237 g/mol. The van der Waals surface area contributed by atoms with Gasteiger partial charge in [0.2, 0.25) is 0 Å². The Hall–Kier alpha value is -0.830. The average molecular weight is 237 g/mol. The summed E-state index contributed by atoms with van der Waals surface area (Å²) in [5, 5.41) is 7.82. The van der Waals surface area contributed by atoms with Crippen molar-refractivity contribution < 1.29 is 0 Å². The van der Waals surface area contributed by atoms with Crippen LogP contribution in [0.25, 0.3) is 0 Å². The Morgan fingerprint density at radius 1 is 1.41 bits per heavy atom. The van der Waals surface area contributed by atoms with Crippen LogP contribution in [0.2, 0.25) is 0 Å². The van der Waals surface area contributed by atoms with Crippen molar-refractivity contribution in [2.75, 3.05) is 13.1 Å². The number of hydrogen-bond acceptors (Lipinski definition) is 2. The van der Waals surface area contributed by atoms with E-state index in [2.05, 4.69) is 37.4 Å². The molecule has 1 rings (SSSR count). The van der Waals surface area contributed by atoms with Crippen LogP contribution in [-0.2, 0) is 6.54 Å². The molecular weight excluding hydrogens is 210 g/mol. The minimum Gasteiger partial charge on any atom is -0.315 e. The van der Waals surface area contributed by atoms with E-state index in [9.17, 15) is 0 Å². The molecule has 0 amide bonds. The second-order valence-electron chi connectivity index (χ2n) is 4.90. The van der Waals surface area contributed by atoms with Crippen LogP contribution in [0.5, 0.6) is 0 Å². The van der Waals surface area contributed by atoms with E-state index in [1.54, 1.807) is 0 Å². The maximum atomic E-state index is 4.28. The third kappa shape index (κ3) is 5.87. The summed E-state index contributed by atoms with van der Waals surface area (Å²) >= 11 is 0. The zero-order valence-corrected chi connectivity index (χ0v) is 11.6. The van der Waals surface area contributed by atoms with Crippen LogP contribution in [0, 0.1) is 12.8 Å². The van der Waals surface area contributed by atoms with E-state index in [4.69, 9.17) is 0 Å². The number of aromatic nitrogens is 2. The molecule has 0 aliphatic carbocycles. The average Bonchev–Trinajstić information content (AvgIpc) is 2.74. The number of nitrogens with zero attached hydrogens (tertiary/aromatic N) is 2. The topological polar surface area (TPSA) is 29.9 Å². The Balaban J connectivity index is 2.09. The predicted molar refractivity (Wildman–Crippen MR) is 73.1 cm³/mol. The first-order valence-corrected chi connectivity index (χ1v) is 6.96. The number of unbranched alkanes of at least 4 members (excludes halogenated alkanes) is 1. The highest BCUT2D eigenvalue weighted by Crippen LogP contribution is 2.10. The molecule has 0 aliphatic rings. The van der Waals surface area contributed by atoms with Gasteiger partial charge in [-0.25, -0.2) is 0 Å². The van der Waals surface area contributed by atoms with Gasteiger partial charge >= 0.3 is 0 Å². The first kappa shape index (κ1) is 14.2. The van der Waals surface area contributed by atoms with Gasteiger partial charge in [-0.1, -0.05) is 33.1 Å². The van der Waals surface area contributed by atoms with Crippen LogP contribution in [-0.4, -0.2) is 22.9 Å². The van der Waals surface area contributed by atoms with Gasteiger partial charge in [-0.2, -0.15) is 5.10 Å². The largest absolute Gasteiger partial charge is 0.315 e. The van der Waals surface area contributed by atoms with Crippen LogP contribution < -0.4 is 5.32 Å². The van der Waals surface area contributed by atoms with Crippen molar-refractivity contribution in [2.45, 2.75) is 53.0 Å². The number of nitrogens with one attached hydrogen (secondary N) is 1. The van der Waals surface area contributed by atoms with Gasteiger partial charge in [0.25, 0.3) is 0 Å². The van der Waals surface area contributed by atoms with Crippen molar-refractivity contribution in [3.8, 4) is 0 Å². The lowest BCUT2D eigenvalue weighted by Crippen LogP contribution is -2.26. The van der Waals surface area contributed by atoms with Gasteiger partial charge in [0.1, 0.15) is 0 Å². The standard InChI is InChI=1S/C14H27N3/c1-4-6-7-14(5-2)11-15-8-9-17-12-13(3)10-16-17/h10,12,14-15H,4-9,11H2,1-3H3. The second kappa shape index (κ2) is 8.29. The molecule has 1 aromatic heterocycles. The van der Waals surface area contributed by atoms with Crippen molar-refractivity contribution in [2.24, 2.45) is 5.92 Å². The molecule has 0 radical (unpaired) electrons. The summed E-state index contributed by atoms with van der Waals surface area (Å²) in [4.78, 5) is 0. The molecule has 98 valence electrons. The van der Waals surface area contributed by atoms with E-state index in [1.807, 2.05) is 10.9 Å². The molecule has 17 heavy (non-hydrogen) atoms. The van der Waals surface area contributed by atoms with E-state index >= 15 is 0 Å². The lowest BCUT2D eigenvalue weighted by molar-refractivity contribution is 0.411. The van der Waals surface area contributed by atoms with Crippen LogP contribution in [0.4, 0.5) is 0 Å². The summed E-state index contributed by atoms with van der Waals surface area (Å²) in [6.45, 7) is 9.77. The molecule has 1 N–H and O–H groups in total. The maximum absolute atomic E-state index is 4.28. The Labute approximate surface area is 106 Å². The fourth-order valence-corrected chi connectivity index (χ4v) is 2.03. The van der Waals surface area contributed by atoms with E-state index in [0.717, 1.165) is 25.6 Å². The molecule has 0 aliphatic heterocycles.